The smallest absolute Gasteiger partial charge is 0.124 e. The van der Waals surface area contributed by atoms with Gasteiger partial charge in [0, 0.05) is 29.3 Å². The van der Waals surface area contributed by atoms with Crippen LogP contribution in [0.25, 0.3) is 0 Å². The molecule has 25 heavy (non-hydrogen) atoms. The van der Waals surface area contributed by atoms with E-state index >= 15 is 0 Å². The van der Waals surface area contributed by atoms with E-state index < -0.39 is 0 Å². The molecule has 0 radical (unpaired) electrons. The fourth-order valence-electron chi connectivity index (χ4n) is 4.13. The van der Waals surface area contributed by atoms with Gasteiger partial charge < -0.3 is 19.5 Å². The molecule has 132 valence electrons. The Morgan fingerprint density at radius 2 is 1.96 bits per heavy atom. The molecule has 2 aromatic rings. The second kappa shape index (κ2) is 6.60. The molecule has 0 aromatic heterocycles. The van der Waals surface area contributed by atoms with E-state index in [2.05, 4.69) is 36.5 Å². The van der Waals surface area contributed by atoms with Crippen molar-refractivity contribution in [3.05, 3.63) is 53.1 Å². The number of nitrogens with one attached hydrogen (secondary N) is 1. The molecule has 2 aliphatic rings. The van der Waals surface area contributed by atoms with E-state index in [1.165, 1.54) is 11.1 Å². The van der Waals surface area contributed by atoms with Gasteiger partial charge in [0.2, 0.25) is 0 Å². The van der Waals surface area contributed by atoms with Crippen molar-refractivity contribution in [2.45, 2.75) is 31.9 Å². The number of hydrogen-bond donors (Lipinski definition) is 1. The first-order valence-corrected chi connectivity index (χ1v) is 8.98. The van der Waals surface area contributed by atoms with Crippen LogP contribution in [0.5, 0.6) is 11.5 Å². The quantitative estimate of drug-likeness (QED) is 0.889. The molecule has 1 saturated heterocycles. The number of hydrogen-bond acceptors (Lipinski definition) is 4. The Morgan fingerprint density at radius 1 is 1.08 bits per heavy atom. The van der Waals surface area contributed by atoms with Gasteiger partial charge in [0.05, 0.1) is 26.4 Å². The highest BCUT2D eigenvalue weighted by Crippen LogP contribution is 2.51. The zero-order valence-electron chi connectivity index (χ0n) is 15.0. The van der Waals surface area contributed by atoms with Crippen LogP contribution in [0.4, 0.5) is 5.69 Å². The van der Waals surface area contributed by atoms with E-state index in [1.807, 2.05) is 12.1 Å². The van der Waals surface area contributed by atoms with Gasteiger partial charge in [-0.3, -0.25) is 0 Å². The van der Waals surface area contributed by atoms with Gasteiger partial charge in [-0.15, -0.1) is 0 Å². The van der Waals surface area contributed by atoms with Gasteiger partial charge in [-0.05, 0) is 42.7 Å². The molecule has 4 heteroatoms. The van der Waals surface area contributed by atoms with Crippen LogP contribution in [0, 0.1) is 5.92 Å². The summed E-state index contributed by atoms with van der Waals surface area (Å²) in [6.07, 6.45) is 2.22. The third-order valence-corrected chi connectivity index (χ3v) is 5.48. The number of methoxy groups -OCH3 is 2. The maximum absolute atomic E-state index is 6.15. The second-order valence-electron chi connectivity index (χ2n) is 6.75. The van der Waals surface area contributed by atoms with E-state index in [9.17, 15) is 0 Å². The summed E-state index contributed by atoms with van der Waals surface area (Å²) >= 11 is 0. The minimum atomic E-state index is 0.142. The summed E-state index contributed by atoms with van der Waals surface area (Å²) in [5.74, 6) is 2.12. The summed E-state index contributed by atoms with van der Waals surface area (Å²) in [6, 6.07) is 12.8. The SMILES string of the molecule is CCc1ccc2c(c1)[C@H]1OCC[C@H]1[C@H](c1cc(OC)ccc1OC)N2. The lowest BCUT2D eigenvalue weighted by molar-refractivity contribution is 0.0826. The normalized spacial score (nSPS) is 24.2. The molecule has 0 amide bonds. The molecule has 3 atom stereocenters. The fraction of sp³-hybridized carbons (Fsp3) is 0.429. The Labute approximate surface area is 149 Å². The summed E-state index contributed by atoms with van der Waals surface area (Å²) < 4.78 is 17.2. The molecule has 2 heterocycles. The lowest BCUT2D eigenvalue weighted by atomic mass is 9.80. The number of aryl methyl sites for hydroxylation is 1. The first kappa shape index (κ1) is 16.3. The summed E-state index contributed by atoms with van der Waals surface area (Å²) in [7, 11) is 3.42. The summed E-state index contributed by atoms with van der Waals surface area (Å²) in [6.45, 7) is 2.99. The molecule has 0 saturated carbocycles. The standard InChI is InChI=1S/C21H25NO3/c1-4-13-5-7-18-16(11-13)21-15(9-10-25-21)20(22-18)17-12-14(23-2)6-8-19(17)24-3/h5-8,11-12,15,20-22H,4,9-10H2,1-3H3/t15-,20+,21-/m0/s1. The third-order valence-electron chi connectivity index (χ3n) is 5.48. The maximum atomic E-state index is 6.15. The predicted molar refractivity (Wildman–Crippen MR) is 98.5 cm³/mol. The van der Waals surface area contributed by atoms with E-state index in [4.69, 9.17) is 14.2 Å². The van der Waals surface area contributed by atoms with Crippen LogP contribution >= 0.6 is 0 Å². The van der Waals surface area contributed by atoms with Crippen molar-refractivity contribution >= 4 is 5.69 Å². The molecular formula is C21H25NO3. The largest absolute Gasteiger partial charge is 0.497 e. The molecule has 4 rings (SSSR count). The molecular weight excluding hydrogens is 314 g/mol. The molecule has 1 fully saturated rings. The molecule has 4 nitrogen and oxygen atoms in total. The Hall–Kier alpha value is -2.20. The number of fused-ring (bicyclic) bond motifs is 3. The summed E-state index contributed by atoms with van der Waals surface area (Å²) in [5.41, 5.74) is 4.94. The minimum Gasteiger partial charge on any atom is -0.497 e. The zero-order chi connectivity index (χ0) is 17.4. The average molecular weight is 339 g/mol. The van der Waals surface area contributed by atoms with Crippen molar-refractivity contribution < 1.29 is 14.2 Å². The van der Waals surface area contributed by atoms with Gasteiger partial charge in [-0.1, -0.05) is 19.1 Å². The van der Waals surface area contributed by atoms with Crippen molar-refractivity contribution in [3.63, 3.8) is 0 Å². The molecule has 1 N–H and O–H groups in total. The van der Waals surface area contributed by atoms with Gasteiger partial charge >= 0.3 is 0 Å². The molecule has 0 aliphatic carbocycles. The lowest BCUT2D eigenvalue weighted by Gasteiger charge is -2.37. The zero-order valence-corrected chi connectivity index (χ0v) is 15.0. The summed E-state index contributed by atoms with van der Waals surface area (Å²) in [4.78, 5) is 0. The fourth-order valence-corrected chi connectivity index (χ4v) is 4.13. The lowest BCUT2D eigenvalue weighted by Crippen LogP contribution is -2.29. The Morgan fingerprint density at radius 3 is 2.72 bits per heavy atom. The van der Waals surface area contributed by atoms with Gasteiger partial charge in [-0.2, -0.15) is 0 Å². The van der Waals surface area contributed by atoms with Crippen LogP contribution in [-0.2, 0) is 11.2 Å². The molecule has 2 aliphatic heterocycles. The van der Waals surface area contributed by atoms with E-state index in [-0.39, 0.29) is 12.1 Å². The summed E-state index contributed by atoms with van der Waals surface area (Å²) in [5, 5.41) is 3.75. The van der Waals surface area contributed by atoms with Gasteiger partial charge in [0.25, 0.3) is 0 Å². The Bertz CT molecular complexity index is 774. The van der Waals surface area contributed by atoms with Crippen molar-refractivity contribution in [3.8, 4) is 11.5 Å². The van der Waals surface area contributed by atoms with Crippen molar-refractivity contribution in [1.29, 1.82) is 0 Å². The topological polar surface area (TPSA) is 39.7 Å². The van der Waals surface area contributed by atoms with Crippen LogP contribution < -0.4 is 14.8 Å². The number of rotatable bonds is 4. The molecule has 0 spiro atoms. The Balaban J connectivity index is 1.79. The average Bonchev–Trinajstić information content (AvgIpc) is 3.16. The Kier molecular flexibility index (Phi) is 4.30. The first-order valence-electron chi connectivity index (χ1n) is 8.98. The van der Waals surface area contributed by atoms with Crippen LogP contribution in [0.3, 0.4) is 0 Å². The number of ether oxygens (including phenoxy) is 3. The molecule has 0 unspecified atom stereocenters. The number of benzene rings is 2. The van der Waals surface area contributed by atoms with Crippen molar-refractivity contribution in [1.82, 2.24) is 0 Å². The van der Waals surface area contributed by atoms with Gasteiger partial charge in [0.1, 0.15) is 11.5 Å². The highest BCUT2D eigenvalue weighted by Gasteiger charge is 2.42. The van der Waals surface area contributed by atoms with Crippen LogP contribution in [0.1, 0.15) is 42.2 Å². The van der Waals surface area contributed by atoms with Gasteiger partial charge in [0.15, 0.2) is 0 Å². The van der Waals surface area contributed by atoms with Crippen LogP contribution in [-0.4, -0.2) is 20.8 Å². The number of anilines is 1. The molecule has 2 aromatic carbocycles. The minimum absolute atomic E-state index is 0.142. The van der Waals surface area contributed by atoms with Crippen molar-refractivity contribution in [2.24, 2.45) is 5.92 Å². The predicted octanol–water partition coefficient (Wildman–Crippen LogP) is 4.51. The monoisotopic (exact) mass is 339 g/mol. The third kappa shape index (κ3) is 2.74. The molecule has 0 bridgehead atoms. The van der Waals surface area contributed by atoms with Gasteiger partial charge in [-0.25, -0.2) is 0 Å². The highest BCUT2D eigenvalue weighted by atomic mass is 16.5. The maximum Gasteiger partial charge on any atom is 0.124 e. The highest BCUT2D eigenvalue weighted by molar-refractivity contribution is 5.60. The first-order chi connectivity index (χ1) is 12.2. The van der Waals surface area contributed by atoms with Crippen LogP contribution in [0.15, 0.2) is 36.4 Å². The van der Waals surface area contributed by atoms with Crippen LogP contribution in [0.2, 0.25) is 0 Å². The second-order valence-corrected chi connectivity index (χ2v) is 6.75. The van der Waals surface area contributed by atoms with E-state index in [1.54, 1.807) is 14.2 Å². The van der Waals surface area contributed by atoms with E-state index in [0.717, 1.165) is 42.2 Å². The van der Waals surface area contributed by atoms with E-state index in [0.29, 0.717) is 5.92 Å². The van der Waals surface area contributed by atoms with Crippen molar-refractivity contribution in [2.75, 3.05) is 26.1 Å².